The van der Waals surface area contributed by atoms with Gasteiger partial charge in [0.2, 0.25) is 0 Å². The van der Waals surface area contributed by atoms with Crippen LogP contribution in [0.25, 0.3) is 0 Å². The molecule has 0 aromatic heterocycles. The summed E-state index contributed by atoms with van der Waals surface area (Å²) in [6.45, 7) is 4.25. The fourth-order valence-electron chi connectivity index (χ4n) is 1.98. The molecule has 0 radical (unpaired) electrons. The fraction of sp³-hybridized carbons (Fsp3) is 0.571. The molecule has 0 bridgehead atoms. The monoisotopic (exact) mass is 284 g/mol. The molecule has 2 rings (SSSR count). The quantitative estimate of drug-likeness (QED) is 0.723. The molecule has 0 spiro atoms. The van der Waals surface area contributed by atoms with Gasteiger partial charge >= 0.3 is 0 Å². The number of hydrogen-bond acceptors (Lipinski definition) is 1. The zero-order valence-corrected chi connectivity index (χ0v) is 12.1. The SMILES string of the molecule is CCC.COc1ccc(Br)c2c1CCCC2. The van der Waals surface area contributed by atoms with Crippen molar-refractivity contribution in [1.82, 2.24) is 0 Å². The first kappa shape index (κ1) is 13.6. The third kappa shape index (κ3) is 3.24. The van der Waals surface area contributed by atoms with E-state index in [0.717, 1.165) is 12.2 Å². The highest BCUT2D eigenvalue weighted by atomic mass is 79.9. The fourth-order valence-corrected chi connectivity index (χ4v) is 2.55. The Hall–Kier alpha value is -0.500. The minimum Gasteiger partial charge on any atom is -0.496 e. The molecular weight excluding hydrogens is 264 g/mol. The summed E-state index contributed by atoms with van der Waals surface area (Å²) in [4.78, 5) is 0. The number of hydrogen-bond donors (Lipinski definition) is 0. The lowest BCUT2D eigenvalue weighted by molar-refractivity contribution is 0.406. The van der Waals surface area contributed by atoms with Crippen LogP contribution in [0.15, 0.2) is 16.6 Å². The summed E-state index contributed by atoms with van der Waals surface area (Å²) in [5, 5.41) is 0. The minimum atomic E-state index is 1.05. The molecule has 0 N–H and O–H groups in total. The Labute approximate surface area is 107 Å². The van der Waals surface area contributed by atoms with E-state index in [1.807, 2.05) is 6.07 Å². The third-order valence-corrected chi connectivity index (χ3v) is 3.40. The molecule has 1 nitrogen and oxygen atoms in total. The number of benzene rings is 1. The number of fused-ring (bicyclic) bond motifs is 1. The highest BCUT2D eigenvalue weighted by Crippen LogP contribution is 2.34. The maximum Gasteiger partial charge on any atom is 0.122 e. The molecule has 0 saturated heterocycles. The van der Waals surface area contributed by atoms with E-state index in [9.17, 15) is 0 Å². The van der Waals surface area contributed by atoms with Gasteiger partial charge in [-0.05, 0) is 48.9 Å². The van der Waals surface area contributed by atoms with Crippen molar-refractivity contribution in [3.05, 3.63) is 27.7 Å². The average molecular weight is 285 g/mol. The molecule has 0 fully saturated rings. The van der Waals surface area contributed by atoms with Gasteiger partial charge in [-0.2, -0.15) is 0 Å². The molecule has 0 unspecified atom stereocenters. The van der Waals surface area contributed by atoms with Crippen molar-refractivity contribution >= 4 is 15.9 Å². The van der Waals surface area contributed by atoms with E-state index in [1.54, 1.807) is 7.11 Å². The van der Waals surface area contributed by atoms with Crippen molar-refractivity contribution in [1.29, 1.82) is 0 Å². The molecule has 1 aromatic carbocycles. The molecule has 1 aromatic rings. The van der Waals surface area contributed by atoms with Gasteiger partial charge in [0.1, 0.15) is 5.75 Å². The van der Waals surface area contributed by atoms with Gasteiger partial charge in [0.05, 0.1) is 7.11 Å². The van der Waals surface area contributed by atoms with Crippen molar-refractivity contribution in [3.8, 4) is 5.75 Å². The molecule has 0 amide bonds. The summed E-state index contributed by atoms with van der Waals surface area (Å²) in [7, 11) is 1.75. The van der Waals surface area contributed by atoms with Crippen molar-refractivity contribution < 1.29 is 4.74 Å². The van der Waals surface area contributed by atoms with E-state index in [-0.39, 0.29) is 0 Å². The topological polar surface area (TPSA) is 9.23 Å². The second-order valence-electron chi connectivity index (χ2n) is 4.12. The molecule has 1 aliphatic carbocycles. The second kappa shape index (κ2) is 6.95. The zero-order chi connectivity index (χ0) is 12.0. The smallest absolute Gasteiger partial charge is 0.122 e. The van der Waals surface area contributed by atoms with Gasteiger partial charge in [0, 0.05) is 4.47 Å². The molecule has 0 atom stereocenters. The van der Waals surface area contributed by atoms with Gasteiger partial charge in [-0.3, -0.25) is 0 Å². The molecule has 2 heteroatoms. The molecule has 0 heterocycles. The van der Waals surface area contributed by atoms with E-state index >= 15 is 0 Å². The molecular formula is C14H21BrO. The minimum absolute atomic E-state index is 1.05. The van der Waals surface area contributed by atoms with Gasteiger partial charge in [0.15, 0.2) is 0 Å². The largest absolute Gasteiger partial charge is 0.496 e. The van der Waals surface area contributed by atoms with Crippen molar-refractivity contribution in [2.75, 3.05) is 7.11 Å². The predicted molar refractivity (Wildman–Crippen MR) is 73.3 cm³/mol. The van der Waals surface area contributed by atoms with Crippen LogP contribution in [0.2, 0.25) is 0 Å². The van der Waals surface area contributed by atoms with Crippen LogP contribution >= 0.6 is 15.9 Å². The first-order valence-corrected chi connectivity index (χ1v) is 6.88. The summed E-state index contributed by atoms with van der Waals surface area (Å²) >= 11 is 3.59. The van der Waals surface area contributed by atoms with Crippen LogP contribution in [0, 0.1) is 0 Å². The third-order valence-electron chi connectivity index (χ3n) is 2.65. The Morgan fingerprint density at radius 1 is 1.12 bits per heavy atom. The van der Waals surface area contributed by atoms with Gasteiger partial charge in [-0.15, -0.1) is 0 Å². The van der Waals surface area contributed by atoms with E-state index in [2.05, 4.69) is 35.8 Å². The number of methoxy groups -OCH3 is 1. The highest BCUT2D eigenvalue weighted by molar-refractivity contribution is 9.10. The Balaban J connectivity index is 0.000000386. The highest BCUT2D eigenvalue weighted by Gasteiger charge is 2.15. The van der Waals surface area contributed by atoms with Crippen LogP contribution in [-0.4, -0.2) is 7.11 Å². The zero-order valence-electron chi connectivity index (χ0n) is 10.5. The second-order valence-corrected chi connectivity index (χ2v) is 4.98. The van der Waals surface area contributed by atoms with Crippen LogP contribution in [0.4, 0.5) is 0 Å². The Bertz CT molecular complexity index is 334. The van der Waals surface area contributed by atoms with E-state index in [0.29, 0.717) is 0 Å². The normalized spacial score (nSPS) is 13.5. The van der Waals surface area contributed by atoms with Crippen molar-refractivity contribution in [3.63, 3.8) is 0 Å². The van der Waals surface area contributed by atoms with E-state index in [4.69, 9.17) is 4.74 Å². The summed E-state index contributed by atoms with van der Waals surface area (Å²) < 4.78 is 6.59. The van der Waals surface area contributed by atoms with E-state index < -0.39 is 0 Å². The number of rotatable bonds is 1. The lowest BCUT2D eigenvalue weighted by Gasteiger charge is -2.19. The summed E-state index contributed by atoms with van der Waals surface area (Å²) in [5.74, 6) is 1.05. The van der Waals surface area contributed by atoms with Crippen LogP contribution in [-0.2, 0) is 12.8 Å². The van der Waals surface area contributed by atoms with Crippen molar-refractivity contribution in [2.45, 2.75) is 46.0 Å². The first-order chi connectivity index (χ1) is 7.74. The van der Waals surface area contributed by atoms with E-state index in [1.165, 1.54) is 41.3 Å². The molecule has 1 aliphatic rings. The first-order valence-electron chi connectivity index (χ1n) is 6.08. The van der Waals surface area contributed by atoms with Crippen LogP contribution in [0.3, 0.4) is 0 Å². The van der Waals surface area contributed by atoms with Gasteiger partial charge in [-0.25, -0.2) is 0 Å². The molecule has 0 saturated carbocycles. The van der Waals surface area contributed by atoms with Gasteiger partial charge in [0.25, 0.3) is 0 Å². The maximum absolute atomic E-state index is 5.35. The Morgan fingerprint density at radius 3 is 2.25 bits per heavy atom. The number of ether oxygens (including phenoxy) is 1. The Kier molecular flexibility index (Phi) is 5.89. The molecule has 16 heavy (non-hydrogen) atoms. The molecule has 90 valence electrons. The Morgan fingerprint density at radius 2 is 1.69 bits per heavy atom. The van der Waals surface area contributed by atoms with Crippen molar-refractivity contribution in [2.24, 2.45) is 0 Å². The lowest BCUT2D eigenvalue weighted by atomic mass is 9.91. The van der Waals surface area contributed by atoms with Crippen LogP contribution in [0.1, 0.15) is 44.2 Å². The molecule has 0 aliphatic heterocycles. The standard InChI is InChI=1S/C11H13BrO.C3H8/c1-13-11-7-6-10(12)8-4-2-3-5-9(8)11;1-3-2/h6-7H,2-5H2,1H3;3H2,1-2H3. The summed E-state index contributed by atoms with van der Waals surface area (Å²) in [5.41, 5.74) is 2.86. The average Bonchev–Trinajstić information content (AvgIpc) is 2.31. The van der Waals surface area contributed by atoms with Gasteiger partial charge in [-0.1, -0.05) is 36.2 Å². The van der Waals surface area contributed by atoms with Crippen LogP contribution in [0.5, 0.6) is 5.75 Å². The maximum atomic E-state index is 5.35. The lowest BCUT2D eigenvalue weighted by Crippen LogP contribution is -2.05. The summed E-state index contributed by atoms with van der Waals surface area (Å²) in [6.07, 6.45) is 6.20. The number of halogens is 1. The van der Waals surface area contributed by atoms with Gasteiger partial charge < -0.3 is 4.74 Å². The summed E-state index contributed by atoms with van der Waals surface area (Å²) in [6, 6.07) is 4.14. The van der Waals surface area contributed by atoms with Crippen LogP contribution < -0.4 is 4.74 Å². The predicted octanol–water partition coefficient (Wildman–Crippen LogP) is 4.75.